The smallest absolute Gasteiger partial charge is 0.240 e. The summed E-state index contributed by atoms with van der Waals surface area (Å²) < 4.78 is 32.7. The molecular formula is C14H20N2O3S. The molecule has 0 radical (unpaired) electrons. The van der Waals surface area contributed by atoms with Gasteiger partial charge in [0.15, 0.2) is 0 Å². The summed E-state index contributed by atoms with van der Waals surface area (Å²) in [5.74, 6) is 0.804. The molecule has 1 unspecified atom stereocenters. The summed E-state index contributed by atoms with van der Waals surface area (Å²) in [7, 11) is -3.43. The Kier molecular flexibility index (Phi) is 3.96. The predicted molar refractivity (Wildman–Crippen MR) is 76.5 cm³/mol. The summed E-state index contributed by atoms with van der Waals surface area (Å²) in [5, 5.41) is 3.34. The zero-order chi connectivity index (χ0) is 14.0. The van der Waals surface area contributed by atoms with E-state index >= 15 is 0 Å². The fourth-order valence-corrected chi connectivity index (χ4v) is 3.85. The molecule has 0 spiro atoms. The van der Waals surface area contributed by atoms with Crippen LogP contribution in [0.4, 0.5) is 0 Å². The first-order valence-electron chi connectivity index (χ1n) is 7.14. The number of ether oxygens (including phenoxy) is 1. The molecule has 110 valence electrons. The first kappa shape index (κ1) is 13.9. The lowest BCUT2D eigenvalue weighted by molar-refractivity contribution is 0.356. The van der Waals surface area contributed by atoms with Crippen molar-refractivity contribution in [3.63, 3.8) is 0 Å². The van der Waals surface area contributed by atoms with Crippen LogP contribution in [-0.2, 0) is 16.4 Å². The van der Waals surface area contributed by atoms with Gasteiger partial charge in [-0.05, 0) is 43.1 Å². The molecule has 0 saturated carbocycles. The molecule has 1 aromatic carbocycles. The Bertz CT molecular complexity index is 580. The Labute approximate surface area is 119 Å². The molecule has 2 heterocycles. The lowest BCUT2D eigenvalue weighted by Crippen LogP contribution is -2.43. The Morgan fingerprint density at radius 2 is 2.25 bits per heavy atom. The molecule has 5 nitrogen and oxygen atoms in total. The summed E-state index contributed by atoms with van der Waals surface area (Å²) in [6.07, 6.45) is 4.15. The van der Waals surface area contributed by atoms with E-state index in [2.05, 4.69) is 10.0 Å². The quantitative estimate of drug-likeness (QED) is 0.871. The van der Waals surface area contributed by atoms with Gasteiger partial charge in [0.05, 0.1) is 11.5 Å². The highest BCUT2D eigenvalue weighted by Gasteiger charge is 2.21. The molecule has 0 aliphatic carbocycles. The van der Waals surface area contributed by atoms with Crippen LogP contribution in [0.25, 0.3) is 0 Å². The summed E-state index contributed by atoms with van der Waals surface area (Å²) in [6, 6.07) is 5.33. The number of hydrogen-bond donors (Lipinski definition) is 2. The second kappa shape index (κ2) is 5.71. The van der Waals surface area contributed by atoms with Crippen LogP contribution in [0.2, 0.25) is 0 Å². The Hall–Kier alpha value is -1.11. The maximum atomic E-state index is 12.3. The van der Waals surface area contributed by atoms with E-state index in [9.17, 15) is 8.42 Å². The zero-order valence-electron chi connectivity index (χ0n) is 11.4. The minimum atomic E-state index is -3.43. The van der Waals surface area contributed by atoms with Gasteiger partial charge in [0.2, 0.25) is 10.0 Å². The predicted octanol–water partition coefficient (Wildman–Crippen LogP) is 1.04. The Morgan fingerprint density at radius 3 is 3.05 bits per heavy atom. The first-order chi connectivity index (χ1) is 9.65. The lowest BCUT2D eigenvalue weighted by atomic mass is 10.1. The van der Waals surface area contributed by atoms with Gasteiger partial charge in [-0.3, -0.25) is 0 Å². The maximum absolute atomic E-state index is 12.3. The number of benzene rings is 1. The molecular weight excluding hydrogens is 276 g/mol. The lowest BCUT2D eigenvalue weighted by Gasteiger charge is -2.23. The van der Waals surface area contributed by atoms with Crippen molar-refractivity contribution >= 4 is 10.0 Å². The second-order valence-electron chi connectivity index (χ2n) is 5.37. The highest BCUT2D eigenvalue weighted by molar-refractivity contribution is 7.89. The first-order valence-corrected chi connectivity index (χ1v) is 8.62. The highest BCUT2D eigenvalue weighted by atomic mass is 32.2. The molecule has 3 rings (SSSR count). The van der Waals surface area contributed by atoms with E-state index in [1.165, 1.54) is 6.42 Å². The minimum absolute atomic E-state index is 0.247. The number of hydrogen-bond acceptors (Lipinski definition) is 4. The monoisotopic (exact) mass is 296 g/mol. The van der Waals surface area contributed by atoms with Gasteiger partial charge in [0.1, 0.15) is 5.75 Å². The van der Waals surface area contributed by atoms with Crippen molar-refractivity contribution in [2.24, 2.45) is 0 Å². The molecule has 1 aromatic rings. The van der Waals surface area contributed by atoms with Crippen molar-refractivity contribution in [1.82, 2.24) is 10.0 Å². The normalized spacial score (nSPS) is 22.3. The van der Waals surface area contributed by atoms with E-state index in [0.717, 1.165) is 37.1 Å². The topological polar surface area (TPSA) is 67.4 Å². The standard InChI is InChI=1S/C14H20N2O3S/c17-20(18,16-10-12-3-1-2-7-15-12)13-4-5-14-11(9-13)6-8-19-14/h4-5,9,12,15-16H,1-3,6-8,10H2. The fourth-order valence-electron chi connectivity index (χ4n) is 2.72. The van der Waals surface area contributed by atoms with E-state index in [-0.39, 0.29) is 6.04 Å². The number of rotatable bonds is 4. The van der Waals surface area contributed by atoms with E-state index < -0.39 is 10.0 Å². The van der Waals surface area contributed by atoms with Crippen molar-refractivity contribution in [3.05, 3.63) is 23.8 Å². The van der Waals surface area contributed by atoms with Crippen LogP contribution in [0.5, 0.6) is 5.75 Å². The molecule has 2 N–H and O–H groups in total. The van der Waals surface area contributed by atoms with Crippen LogP contribution in [0, 0.1) is 0 Å². The van der Waals surface area contributed by atoms with Gasteiger partial charge in [-0.15, -0.1) is 0 Å². The maximum Gasteiger partial charge on any atom is 0.240 e. The number of nitrogens with one attached hydrogen (secondary N) is 2. The minimum Gasteiger partial charge on any atom is -0.493 e. The van der Waals surface area contributed by atoms with Crippen molar-refractivity contribution in [3.8, 4) is 5.75 Å². The fraction of sp³-hybridized carbons (Fsp3) is 0.571. The zero-order valence-corrected chi connectivity index (χ0v) is 12.2. The summed E-state index contributed by atoms with van der Waals surface area (Å²) in [4.78, 5) is 0.331. The molecule has 20 heavy (non-hydrogen) atoms. The largest absolute Gasteiger partial charge is 0.493 e. The van der Waals surface area contributed by atoms with Gasteiger partial charge in [-0.2, -0.15) is 0 Å². The van der Waals surface area contributed by atoms with Crippen molar-refractivity contribution in [2.75, 3.05) is 19.7 Å². The van der Waals surface area contributed by atoms with Crippen LogP contribution in [-0.4, -0.2) is 34.2 Å². The van der Waals surface area contributed by atoms with Crippen molar-refractivity contribution < 1.29 is 13.2 Å². The van der Waals surface area contributed by atoms with Gasteiger partial charge >= 0.3 is 0 Å². The second-order valence-corrected chi connectivity index (χ2v) is 7.13. The molecule has 1 fully saturated rings. The van der Waals surface area contributed by atoms with Crippen molar-refractivity contribution in [2.45, 2.75) is 36.6 Å². The summed E-state index contributed by atoms with van der Waals surface area (Å²) in [5.41, 5.74) is 0.976. The molecule has 1 atom stereocenters. The highest BCUT2D eigenvalue weighted by Crippen LogP contribution is 2.27. The Balaban J connectivity index is 1.68. The van der Waals surface area contributed by atoms with Crippen LogP contribution >= 0.6 is 0 Å². The van der Waals surface area contributed by atoms with Gasteiger partial charge in [0.25, 0.3) is 0 Å². The van der Waals surface area contributed by atoms with E-state index in [1.807, 2.05) is 0 Å². The Morgan fingerprint density at radius 1 is 1.35 bits per heavy atom. The SMILES string of the molecule is O=S(=O)(NCC1CCCCN1)c1ccc2c(c1)CCO2. The van der Waals surface area contributed by atoms with Crippen LogP contribution in [0.3, 0.4) is 0 Å². The average Bonchev–Trinajstić information content (AvgIpc) is 2.94. The molecule has 0 aromatic heterocycles. The molecule has 2 aliphatic rings. The van der Waals surface area contributed by atoms with Gasteiger partial charge < -0.3 is 10.1 Å². The molecule has 0 amide bonds. The van der Waals surface area contributed by atoms with E-state index in [4.69, 9.17) is 4.74 Å². The summed E-state index contributed by atoms with van der Waals surface area (Å²) >= 11 is 0. The van der Waals surface area contributed by atoms with Gasteiger partial charge in [0, 0.05) is 19.0 Å². The van der Waals surface area contributed by atoms with Gasteiger partial charge in [-0.1, -0.05) is 6.42 Å². The van der Waals surface area contributed by atoms with Gasteiger partial charge in [-0.25, -0.2) is 13.1 Å². The third kappa shape index (κ3) is 2.97. The van der Waals surface area contributed by atoms with E-state index in [1.54, 1.807) is 18.2 Å². The third-order valence-corrected chi connectivity index (χ3v) is 5.32. The molecule has 0 bridgehead atoms. The van der Waals surface area contributed by atoms with Crippen LogP contribution in [0.15, 0.2) is 23.1 Å². The number of sulfonamides is 1. The van der Waals surface area contributed by atoms with Crippen LogP contribution in [0.1, 0.15) is 24.8 Å². The van der Waals surface area contributed by atoms with Crippen molar-refractivity contribution in [1.29, 1.82) is 0 Å². The average molecular weight is 296 g/mol. The number of fused-ring (bicyclic) bond motifs is 1. The van der Waals surface area contributed by atoms with Crippen LogP contribution < -0.4 is 14.8 Å². The summed E-state index contributed by atoms with van der Waals surface area (Å²) in [6.45, 7) is 2.07. The third-order valence-electron chi connectivity index (χ3n) is 3.90. The molecule has 6 heteroatoms. The number of piperidine rings is 1. The molecule has 1 saturated heterocycles. The van der Waals surface area contributed by atoms with E-state index in [0.29, 0.717) is 18.0 Å². The molecule has 2 aliphatic heterocycles.